The number of hydrogen-bond donors (Lipinski definition) is 2. The van der Waals surface area contributed by atoms with Crippen molar-refractivity contribution in [3.63, 3.8) is 0 Å². The van der Waals surface area contributed by atoms with E-state index in [-0.39, 0.29) is 11.6 Å². The number of aliphatic carboxylic acids is 1. The molecule has 0 unspecified atom stereocenters. The van der Waals surface area contributed by atoms with E-state index in [0.717, 1.165) is 0 Å². The molecule has 6 heteroatoms. The summed E-state index contributed by atoms with van der Waals surface area (Å²) in [5, 5.41) is 11.7. The van der Waals surface area contributed by atoms with Gasteiger partial charge < -0.3 is 14.8 Å². The number of carbonyl (C=O) groups excluding carboxylic acids is 1. The molecule has 0 spiro atoms. The van der Waals surface area contributed by atoms with Crippen LogP contribution in [-0.4, -0.2) is 32.4 Å². The third kappa shape index (κ3) is 2.79. The molecule has 0 bridgehead atoms. The van der Waals surface area contributed by atoms with E-state index in [1.807, 2.05) is 19.1 Å². The third-order valence-electron chi connectivity index (χ3n) is 3.36. The van der Waals surface area contributed by atoms with E-state index in [1.54, 1.807) is 29.8 Å². The van der Waals surface area contributed by atoms with Gasteiger partial charge in [0.1, 0.15) is 17.4 Å². The molecule has 0 saturated carbocycles. The Kier molecular flexibility index (Phi) is 4.02. The number of carboxylic acids is 1. The number of nitrogens with zero attached hydrogens (tertiary/aromatic N) is 2. The van der Waals surface area contributed by atoms with Crippen LogP contribution < -0.4 is 5.32 Å². The first-order valence-corrected chi connectivity index (χ1v) is 6.50. The van der Waals surface area contributed by atoms with Crippen LogP contribution in [0.3, 0.4) is 0 Å². The smallest absolute Gasteiger partial charge is 0.326 e. The Hall–Kier alpha value is -2.37. The second kappa shape index (κ2) is 5.73. The largest absolute Gasteiger partial charge is 0.480 e. The summed E-state index contributed by atoms with van der Waals surface area (Å²) in [5.74, 6) is -1.65. The van der Waals surface area contributed by atoms with Crippen LogP contribution >= 0.6 is 0 Å². The predicted octanol–water partition coefficient (Wildman–Crippen LogP) is 1.56. The average Bonchev–Trinajstić information content (AvgIpc) is 2.87. The molecule has 0 aromatic carbocycles. The van der Waals surface area contributed by atoms with E-state index in [9.17, 15) is 14.7 Å². The zero-order valence-corrected chi connectivity index (χ0v) is 11.4. The van der Waals surface area contributed by atoms with Gasteiger partial charge >= 0.3 is 5.97 Å². The van der Waals surface area contributed by atoms with E-state index in [0.29, 0.717) is 12.1 Å². The Morgan fingerprint density at radius 3 is 2.80 bits per heavy atom. The number of imidazole rings is 1. The summed E-state index contributed by atoms with van der Waals surface area (Å²) >= 11 is 0. The van der Waals surface area contributed by atoms with Crippen molar-refractivity contribution in [1.29, 1.82) is 0 Å². The minimum absolute atomic E-state index is 0.145. The quantitative estimate of drug-likeness (QED) is 0.867. The molecule has 2 N–H and O–H groups in total. The van der Waals surface area contributed by atoms with Crippen molar-refractivity contribution >= 4 is 17.5 Å². The molecular formula is C14H17N3O3. The lowest BCUT2D eigenvalue weighted by atomic mass is 9.99. The highest BCUT2D eigenvalue weighted by Crippen LogP contribution is 2.10. The summed E-state index contributed by atoms with van der Waals surface area (Å²) in [6.07, 6.45) is 4.03. The lowest BCUT2D eigenvalue weighted by Crippen LogP contribution is -2.45. The van der Waals surface area contributed by atoms with Crippen molar-refractivity contribution in [3.8, 4) is 0 Å². The number of amides is 1. The standard InChI is InChI=1S/C14H17N3O3/c1-3-9(2)12(14(19)20)16-13(18)10-8-17-7-5-4-6-11(17)15-10/h4-9,12H,3H2,1-2H3,(H,16,18)(H,19,20)/t9-,12-/m0/s1. The first kappa shape index (κ1) is 14.0. The zero-order valence-electron chi connectivity index (χ0n) is 11.4. The molecule has 6 nitrogen and oxygen atoms in total. The summed E-state index contributed by atoms with van der Waals surface area (Å²) in [4.78, 5) is 27.5. The Labute approximate surface area is 116 Å². The number of carboxylic acid groups (broad SMARTS) is 1. The number of nitrogens with one attached hydrogen (secondary N) is 1. The van der Waals surface area contributed by atoms with Crippen LogP contribution in [-0.2, 0) is 4.79 Å². The Bertz CT molecular complexity index is 602. The number of rotatable bonds is 5. The van der Waals surface area contributed by atoms with Gasteiger partial charge in [0.25, 0.3) is 5.91 Å². The number of hydrogen-bond acceptors (Lipinski definition) is 3. The van der Waals surface area contributed by atoms with Crippen molar-refractivity contribution in [2.24, 2.45) is 5.92 Å². The van der Waals surface area contributed by atoms with Gasteiger partial charge in [0, 0.05) is 12.4 Å². The SMILES string of the molecule is CC[C@H](C)[C@H](NC(=O)c1cn2ccccc2n1)C(=O)O. The van der Waals surface area contributed by atoms with Gasteiger partial charge in [-0.25, -0.2) is 9.78 Å². The third-order valence-corrected chi connectivity index (χ3v) is 3.36. The Morgan fingerprint density at radius 2 is 2.20 bits per heavy atom. The fourth-order valence-corrected chi connectivity index (χ4v) is 1.94. The molecule has 2 aromatic heterocycles. The van der Waals surface area contributed by atoms with E-state index < -0.39 is 17.9 Å². The highest BCUT2D eigenvalue weighted by atomic mass is 16.4. The molecule has 0 aliphatic carbocycles. The highest BCUT2D eigenvalue weighted by molar-refractivity contribution is 5.95. The van der Waals surface area contributed by atoms with Crippen molar-refractivity contribution in [1.82, 2.24) is 14.7 Å². The van der Waals surface area contributed by atoms with Crippen LogP contribution in [0.25, 0.3) is 5.65 Å². The van der Waals surface area contributed by atoms with Crippen LogP contribution in [0.1, 0.15) is 30.8 Å². The highest BCUT2D eigenvalue weighted by Gasteiger charge is 2.26. The second-order valence-electron chi connectivity index (χ2n) is 4.77. The van der Waals surface area contributed by atoms with Gasteiger partial charge in [-0.3, -0.25) is 4.79 Å². The molecule has 2 atom stereocenters. The lowest BCUT2D eigenvalue weighted by Gasteiger charge is -2.19. The van der Waals surface area contributed by atoms with Gasteiger partial charge in [-0.05, 0) is 18.1 Å². The van der Waals surface area contributed by atoms with Crippen molar-refractivity contribution < 1.29 is 14.7 Å². The zero-order chi connectivity index (χ0) is 14.7. The van der Waals surface area contributed by atoms with E-state index in [1.165, 1.54) is 0 Å². The monoisotopic (exact) mass is 275 g/mol. The van der Waals surface area contributed by atoms with Crippen LogP contribution in [0.4, 0.5) is 0 Å². The number of aromatic nitrogens is 2. The second-order valence-corrected chi connectivity index (χ2v) is 4.77. The first-order chi connectivity index (χ1) is 9.52. The maximum Gasteiger partial charge on any atom is 0.326 e. The summed E-state index contributed by atoms with van der Waals surface area (Å²) in [6, 6.07) is 4.52. The van der Waals surface area contributed by atoms with Gasteiger partial charge in [-0.2, -0.15) is 0 Å². The summed E-state index contributed by atoms with van der Waals surface area (Å²) in [7, 11) is 0. The molecule has 0 radical (unpaired) electrons. The van der Waals surface area contributed by atoms with E-state index in [4.69, 9.17) is 0 Å². The molecule has 0 aliphatic rings. The molecule has 20 heavy (non-hydrogen) atoms. The molecule has 0 saturated heterocycles. The normalized spacial score (nSPS) is 13.9. The van der Waals surface area contributed by atoms with Crippen molar-refractivity contribution in [2.75, 3.05) is 0 Å². The molecular weight excluding hydrogens is 258 g/mol. The van der Waals surface area contributed by atoms with Crippen molar-refractivity contribution in [3.05, 3.63) is 36.3 Å². The van der Waals surface area contributed by atoms with Gasteiger partial charge in [0.05, 0.1) is 0 Å². The first-order valence-electron chi connectivity index (χ1n) is 6.50. The molecule has 2 aromatic rings. The summed E-state index contributed by atoms with van der Waals surface area (Å²) < 4.78 is 1.72. The van der Waals surface area contributed by atoms with Gasteiger partial charge in [-0.15, -0.1) is 0 Å². The van der Waals surface area contributed by atoms with Crippen LogP contribution in [0.5, 0.6) is 0 Å². The number of fused-ring (bicyclic) bond motifs is 1. The Balaban J connectivity index is 2.20. The summed E-state index contributed by atoms with van der Waals surface area (Å²) in [6.45, 7) is 3.68. The van der Waals surface area contributed by atoms with Gasteiger partial charge in [0.15, 0.2) is 0 Å². The van der Waals surface area contributed by atoms with Crippen LogP contribution in [0.2, 0.25) is 0 Å². The van der Waals surface area contributed by atoms with Gasteiger partial charge in [0.2, 0.25) is 0 Å². The van der Waals surface area contributed by atoms with Crippen molar-refractivity contribution in [2.45, 2.75) is 26.3 Å². The predicted molar refractivity (Wildman–Crippen MR) is 73.5 cm³/mol. The molecule has 0 fully saturated rings. The van der Waals surface area contributed by atoms with Crippen LogP contribution in [0, 0.1) is 5.92 Å². The molecule has 2 rings (SSSR count). The maximum absolute atomic E-state index is 12.1. The molecule has 2 heterocycles. The minimum Gasteiger partial charge on any atom is -0.480 e. The average molecular weight is 275 g/mol. The lowest BCUT2D eigenvalue weighted by molar-refractivity contribution is -0.140. The molecule has 1 amide bonds. The topological polar surface area (TPSA) is 83.7 Å². The molecule has 0 aliphatic heterocycles. The number of pyridine rings is 1. The minimum atomic E-state index is -1.03. The van der Waals surface area contributed by atoms with E-state index >= 15 is 0 Å². The molecule has 106 valence electrons. The Morgan fingerprint density at radius 1 is 1.45 bits per heavy atom. The number of carbonyl (C=O) groups is 2. The van der Waals surface area contributed by atoms with E-state index in [2.05, 4.69) is 10.3 Å². The maximum atomic E-state index is 12.1. The fourth-order valence-electron chi connectivity index (χ4n) is 1.94. The van der Waals surface area contributed by atoms with Crippen LogP contribution in [0.15, 0.2) is 30.6 Å². The van der Waals surface area contributed by atoms with Gasteiger partial charge in [-0.1, -0.05) is 26.3 Å². The fraction of sp³-hybridized carbons (Fsp3) is 0.357. The summed E-state index contributed by atoms with van der Waals surface area (Å²) in [5.41, 5.74) is 0.860.